The van der Waals surface area contributed by atoms with E-state index in [4.69, 9.17) is 23.2 Å². The van der Waals surface area contributed by atoms with Crippen LogP contribution in [0.4, 0.5) is 10.1 Å². The lowest BCUT2D eigenvalue weighted by Gasteiger charge is -2.13. The summed E-state index contributed by atoms with van der Waals surface area (Å²) >= 11 is 15.4. The summed E-state index contributed by atoms with van der Waals surface area (Å²) in [5.41, 5.74) is 2.43. The summed E-state index contributed by atoms with van der Waals surface area (Å²) in [7, 11) is 0. The Labute approximate surface area is 135 Å². The Balaban J connectivity index is 2.10. The molecule has 2 rings (SSSR count). The van der Waals surface area contributed by atoms with Crippen molar-refractivity contribution in [2.24, 2.45) is 0 Å². The molecule has 0 saturated heterocycles. The minimum Gasteiger partial charge on any atom is -0.357 e. The van der Waals surface area contributed by atoms with Crippen LogP contribution in [0.25, 0.3) is 0 Å². The van der Waals surface area contributed by atoms with Gasteiger partial charge < -0.3 is 5.32 Å². The van der Waals surface area contributed by atoms with E-state index in [9.17, 15) is 4.39 Å². The number of benzene rings is 2. The zero-order chi connectivity index (χ0) is 14.7. The molecule has 1 N–H and O–H groups in total. The predicted octanol–water partition coefficient (Wildman–Crippen LogP) is 6.06. The fourth-order valence-corrected chi connectivity index (χ4v) is 3.08. The maximum atomic E-state index is 12.8. The first-order valence-electron chi connectivity index (χ1n) is 5.79. The average molecular weight is 375 g/mol. The molecule has 2 aromatic carbocycles. The number of hydrogen-bond acceptors (Lipinski definition) is 1. The van der Waals surface area contributed by atoms with Crippen LogP contribution < -0.4 is 5.32 Å². The second-order valence-corrected chi connectivity index (χ2v) is 5.97. The Kier molecular flexibility index (Phi) is 5.08. The Morgan fingerprint density at radius 1 is 1.20 bits per heavy atom. The lowest BCUT2D eigenvalue weighted by molar-refractivity contribution is 0.627. The molecule has 0 aromatic heterocycles. The van der Waals surface area contributed by atoms with Crippen molar-refractivity contribution in [3.05, 3.63) is 74.6 Å². The first kappa shape index (κ1) is 15.4. The minimum atomic E-state index is -0.254. The smallest absolute Gasteiger partial charge is 0.123 e. The zero-order valence-corrected chi connectivity index (χ0v) is 13.5. The van der Waals surface area contributed by atoms with Crippen molar-refractivity contribution >= 4 is 44.8 Å². The fourth-order valence-electron chi connectivity index (χ4n) is 1.73. The van der Waals surface area contributed by atoms with Crippen molar-refractivity contribution < 1.29 is 4.39 Å². The SMILES string of the molecule is C=C(Cc1ccc(F)cc1)Nc1c(Cl)cc(Cl)cc1Br. The summed E-state index contributed by atoms with van der Waals surface area (Å²) in [5, 5.41) is 4.20. The summed E-state index contributed by atoms with van der Waals surface area (Å²) in [4.78, 5) is 0. The number of nitrogens with one attached hydrogen (secondary N) is 1. The van der Waals surface area contributed by atoms with Gasteiger partial charge in [0.15, 0.2) is 0 Å². The summed E-state index contributed by atoms with van der Waals surface area (Å²) in [5.74, 6) is -0.254. The second-order valence-electron chi connectivity index (χ2n) is 4.28. The minimum absolute atomic E-state index is 0.254. The van der Waals surface area contributed by atoms with Crippen molar-refractivity contribution in [3.63, 3.8) is 0 Å². The van der Waals surface area contributed by atoms with E-state index in [1.807, 2.05) is 0 Å². The molecule has 0 aliphatic rings. The molecule has 2 aromatic rings. The third-order valence-electron chi connectivity index (χ3n) is 2.64. The lowest BCUT2D eigenvalue weighted by Crippen LogP contribution is -2.03. The van der Waals surface area contributed by atoms with E-state index in [-0.39, 0.29) is 5.82 Å². The maximum absolute atomic E-state index is 12.8. The van der Waals surface area contributed by atoms with Gasteiger partial charge in [0.2, 0.25) is 0 Å². The van der Waals surface area contributed by atoms with Crippen LogP contribution in [0, 0.1) is 5.82 Å². The van der Waals surface area contributed by atoms with Crippen LogP contribution in [-0.2, 0) is 6.42 Å². The van der Waals surface area contributed by atoms with E-state index in [1.54, 1.807) is 24.3 Å². The van der Waals surface area contributed by atoms with Crippen LogP contribution in [0.5, 0.6) is 0 Å². The third kappa shape index (κ3) is 3.98. The summed E-state index contributed by atoms with van der Waals surface area (Å²) < 4.78 is 13.6. The highest BCUT2D eigenvalue weighted by molar-refractivity contribution is 9.10. The highest BCUT2D eigenvalue weighted by Crippen LogP contribution is 2.34. The molecule has 1 nitrogen and oxygen atoms in total. The Morgan fingerprint density at radius 3 is 2.45 bits per heavy atom. The van der Waals surface area contributed by atoms with E-state index in [0.29, 0.717) is 22.2 Å². The van der Waals surface area contributed by atoms with Gasteiger partial charge >= 0.3 is 0 Å². The van der Waals surface area contributed by atoms with E-state index in [1.165, 1.54) is 12.1 Å². The molecule has 0 unspecified atom stereocenters. The van der Waals surface area contributed by atoms with Gasteiger partial charge in [-0.3, -0.25) is 0 Å². The fraction of sp³-hybridized carbons (Fsp3) is 0.0667. The monoisotopic (exact) mass is 373 g/mol. The van der Waals surface area contributed by atoms with Gasteiger partial charge in [-0.25, -0.2) is 4.39 Å². The Hall–Kier alpha value is -1.03. The second kappa shape index (κ2) is 6.61. The first-order chi connectivity index (χ1) is 9.45. The van der Waals surface area contributed by atoms with Crippen molar-refractivity contribution in [2.75, 3.05) is 5.32 Å². The molecule has 0 saturated carbocycles. The van der Waals surface area contributed by atoms with E-state index >= 15 is 0 Å². The van der Waals surface area contributed by atoms with Gasteiger partial charge in [-0.15, -0.1) is 0 Å². The van der Waals surface area contributed by atoms with Crippen molar-refractivity contribution in [2.45, 2.75) is 6.42 Å². The van der Waals surface area contributed by atoms with Gasteiger partial charge in [-0.1, -0.05) is 41.9 Å². The van der Waals surface area contributed by atoms with Gasteiger partial charge in [0, 0.05) is 21.6 Å². The summed E-state index contributed by atoms with van der Waals surface area (Å²) in [6, 6.07) is 9.70. The molecule has 20 heavy (non-hydrogen) atoms. The van der Waals surface area contributed by atoms with Gasteiger partial charge in [-0.2, -0.15) is 0 Å². The van der Waals surface area contributed by atoms with Crippen molar-refractivity contribution in [3.8, 4) is 0 Å². The lowest BCUT2D eigenvalue weighted by atomic mass is 10.1. The van der Waals surface area contributed by atoms with Crippen LogP contribution in [0.3, 0.4) is 0 Å². The number of halogens is 4. The van der Waals surface area contributed by atoms with E-state index < -0.39 is 0 Å². The first-order valence-corrected chi connectivity index (χ1v) is 7.34. The highest BCUT2D eigenvalue weighted by Gasteiger charge is 2.08. The van der Waals surface area contributed by atoms with E-state index in [2.05, 4.69) is 27.8 Å². The number of hydrogen-bond donors (Lipinski definition) is 1. The molecule has 104 valence electrons. The van der Waals surface area contributed by atoms with Gasteiger partial charge in [0.05, 0.1) is 10.7 Å². The molecule has 0 spiro atoms. The molecular formula is C15H11BrCl2FN. The maximum Gasteiger partial charge on any atom is 0.123 e. The molecule has 0 radical (unpaired) electrons. The molecule has 0 aliphatic heterocycles. The summed E-state index contributed by atoms with van der Waals surface area (Å²) in [6.07, 6.45) is 0.575. The molecule has 0 heterocycles. The number of anilines is 1. The van der Waals surface area contributed by atoms with Crippen LogP contribution in [0.15, 0.2) is 53.1 Å². The number of allylic oxidation sites excluding steroid dienone is 1. The molecule has 5 heteroatoms. The Bertz CT molecular complexity index is 618. The highest BCUT2D eigenvalue weighted by atomic mass is 79.9. The Morgan fingerprint density at radius 2 is 1.85 bits per heavy atom. The van der Waals surface area contributed by atoms with Gasteiger partial charge in [-0.05, 0) is 45.8 Å². The summed E-state index contributed by atoms with van der Waals surface area (Å²) in [6.45, 7) is 3.96. The number of rotatable bonds is 4. The molecule has 0 fully saturated rings. The van der Waals surface area contributed by atoms with E-state index in [0.717, 1.165) is 15.7 Å². The van der Waals surface area contributed by atoms with Crippen molar-refractivity contribution in [1.29, 1.82) is 0 Å². The topological polar surface area (TPSA) is 12.0 Å². The quantitative estimate of drug-likeness (QED) is 0.685. The van der Waals surface area contributed by atoms with Crippen LogP contribution in [0.2, 0.25) is 10.0 Å². The molecule has 0 aliphatic carbocycles. The average Bonchev–Trinajstić information content (AvgIpc) is 2.36. The predicted molar refractivity (Wildman–Crippen MR) is 87.0 cm³/mol. The molecular weight excluding hydrogens is 364 g/mol. The van der Waals surface area contributed by atoms with Crippen molar-refractivity contribution in [1.82, 2.24) is 0 Å². The largest absolute Gasteiger partial charge is 0.357 e. The standard InChI is InChI=1S/C15H11BrCl2FN/c1-9(6-10-2-4-12(19)5-3-10)20-15-13(16)7-11(17)8-14(15)18/h2-5,7-8,20H,1,6H2. The molecule has 0 bridgehead atoms. The van der Waals surface area contributed by atoms with Gasteiger partial charge in [0.1, 0.15) is 5.82 Å². The van der Waals surface area contributed by atoms with Gasteiger partial charge in [0.25, 0.3) is 0 Å². The third-order valence-corrected chi connectivity index (χ3v) is 3.78. The van der Waals surface area contributed by atoms with Crippen LogP contribution in [-0.4, -0.2) is 0 Å². The molecule has 0 amide bonds. The van der Waals surface area contributed by atoms with Crippen LogP contribution in [0.1, 0.15) is 5.56 Å². The zero-order valence-electron chi connectivity index (χ0n) is 10.4. The molecule has 0 atom stereocenters. The van der Waals surface area contributed by atoms with Crippen LogP contribution >= 0.6 is 39.1 Å². The normalized spacial score (nSPS) is 10.4.